The van der Waals surface area contributed by atoms with Gasteiger partial charge in [-0.15, -0.1) is 11.8 Å². The second-order valence-corrected chi connectivity index (χ2v) is 3.47. The monoisotopic (exact) mass is 181 g/mol. The molecule has 0 aromatic heterocycles. The van der Waals surface area contributed by atoms with Crippen LogP contribution >= 0.6 is 11.8 Å². The molecule has 0 unspecified atom stereocenters. The minimum absolute atomic E-state index is 0.119. The van der Waals surface area contributed by atoms with Crippen molar-refractivity contribution in [1.29, 1.82) is 5.26 Å². The largest absolute Gasteiger partial charge is 0.204 e. The van der Waals surface area contributed by atoms with Crippen molar-refractivity contribution < 1.29 is 4.39 Å². The van der Waals surface area contributed by atoms with Crippen LogP contribution in [0.2, 0.25) is 0 Å². The molecule has 0 aliphatic carbocycles. The van der Waals surface area contributed by atoms with Crippen molar-refractivity contribution in [3.05, 3.63) is 29.6 Å². The van der Waals surface area contributed by atoms with Crippen LogP contribution in [0.4, 0.5) is 4.39 Å². The van der Waals surface area contributed by atoms with E-state index in [-0.39, 0.29) is 5.56 Å². The van der Waals surface area contributed by atoms with Gasteiger partial charge in [-0.3, -0.25) is 0 Å². The molecule has 0 radical (unpaired) electrons. The number of rotatable bonds is 2. The van der Waals surface area contributed by atoms with E-state index in [0.717, 1.165) is 5.75 Å². The van der Waals surface area contributed by atoms with Crippen LogP contribution < -0.4 is 0 Å². The van der Waals surface area contributed by atoms with Crippen molar-refractivity contribution in [1.82, 2.24) is 0 Å². The molecule has 12 heavy (non-hydrogen) atoms. The van der Waals surface area contributed by atoms with E-state index in [4.69, 9.17) is 5.26 Å². The van der Waals surface area contributed by atoms with Gasteiger partial charge >= 0.3 is 0 Å². The van der Waals surface area contributed by atoms with Crippen LogP contribution in [0.15, 0.2) is 23.1 Å². The molecular weight excluding hydrogens is 173 g/mol. The molecule has 0 aliphatic heterocycles. The highest BCUT2D eigenvalue weighted by molar-refractivity contribution is 7.99. The molecule has 0 saturated heterocycles. The van der Waals surface area contributed by atoms with Gasteiger partial charge in [-0.25, -0.2) is 4.39 Å². The Balaban J connectivity index is 3.07. The van der Waals surface area contributed by atoms with Crippen LogP contribution in [0.3, 0.4) is 0 Å². The highest BCUT2D eigenvalue weighted by Crippen LogP contribution is 2.22. The van der Waals surface area contributed by atoms with Gasteiger partial charge in [0.25, 0.3) is 0 Å². The average molecular weight is 181 g/mol. The second kappa shape index (κ2) is 4.13. The summed E-state index contributed by atoms with van der Waals surface area (Å²) in [7, 11) is 0. The molecule has 1 nitrogen and oxygen atoms in total. The van der Waals surface area contributed by atoms with Crippen molar-refractivity contribution in [3.63, 3.8) is 0 Å². The molecule has 1 aromatic carbocycles. The summed E-state index contributed by atoms with van der Waals surface area (Å²) in [6.45, 7) is 1.95. The molecular formula is C9H8FNS. The number of benzene rings is 1. The molecule has 0 heterocycles. The SMILES string of the molecule is CCSc1cccc(C#N)c1F. The molecule has 1 rings (SSSR count). The quantitative estimate of drug-likeness (QED) is 0.655. The summed E-state index contributed by atoms with van der Waals surface area (Å²) >= 11 is 1.41. The number of nitriles is 1. The average Bonchev–Trinajstić information content (AvgIpc) is 2.09. The zero-order valence-corrected chi connectivity index (χ0v) is 7.49. The summed E-state index contributed by atoms with van der Waals surface area (Å²) in [6, 6.07) is 6.67. The van der Waals surface area contributed by atoms with Crippen molar-refractivity contribution in [2.24, 2.45) is 0 Å². The summed E-state index contributed by atoms with van der Waals surface area (Å²) in [5, 5.41) is 8.51. The summed E-state index contributed by atoms with van der Waals surface area (Å²) < 4.78 is 13.2. The van der Waals surface area contributed by atoms with Crippen LogP contribution in [0, 0.1) is 17.1 Å². The third kappa shape index (κ3) is 1.77. The highest BCUT2D eigenvalue weighted by atomic mass is 32.2. The van der Waals surface area contributed by atoms with Crippen molar-refractivity contribution in [3.8, 4) is 6.07 Å². The first-order valence-corrected chi connectivity index (χ1v) is 4.59. The van der Waals surface area contributed by atoms with Gasteiger partial charge < -0.3 is 0 Å². The first-order valence-electron chi connectivity index (χ1n) is 3.61. The Labute approximate surface area is 75.2 Å². The fourth-order valence-corrected chi connectivity index (χ4v) is 1.59. The summed E-state index contributed by atoms with van der Waals surface area (Å²) in [5.41, 5.74) is 0.119. The molecule has 0 bridgehead atoms. The van der Waals surface area contributed by atoms with Gasteiger partial charge in [0.15, 0.2) is 5.82 Å². The Hall–Kier alpha value is -1.01. The Kier molecular flexibility index (Phi) is 3.12. The van der Waals surface area contributed by atoms with Crippen molar-refractivity contribution >= 4 is 11.8 Å². The van der Waals surface area contributed by atoms with Gasteiger partial charge in [0.1, 0.15) is 6.07 Å². The molecule has 62 valence electrons. The van der Waals surface area contributed by atoms with E-state index in [1.165, 1.54) is 17.8 Å². The molecule has 0 fully saturated rings. The maximum absolute atomic E-state index is 13.2. The lowest BCUT2D eigenvalue weighted by molar-refractivity contribution is 0.598. The lowest BCUT2D eigenvalue weighted by Gasteiger charge is -2.00. The van der Waals surface area contributed by atoms with E-state index in [1.807, 2.05) is 6.92 Å². The third-order valence-electron chi connectivity index (χ3n) is 1.38. The molecule has 0 amide bonds. The molecule has 0 atom stereocenters. The molecule has 0 saturated carbocycles. The van der Waals surface area contributed by atoms with E-state index in [2.05, 4.69) is 0 Å². The minimum Gasteiger partial charge on any atom is -0.204 e. The summed E-state index contributed by atoms with van der Waals surface area (Å²) in [4.78, 5) is 0.552. The van der Waals surface area contributed by atoms with Gasteiger partial charge in [-0.1, -0.05) is 13.0 Å². The number of halogens is 1. The van der Waals surface area contributed by atoms with Gasteiger partial charge in [0.05, 0.1) is 5.56 Å². The van der Waals surface area contributed by atoms with E-state index in [9.17, 15) is 4.39 Å². The fourth-order valence-electron chi connectivity index (χ4n) is 0.864. The van der Waals surface area contributed by atoms with Crippen LogP contribution in [0.1, 0.15) is 12.5 Å². The predicted octanol–water partition coefficient (Wildman–Crippen LogP) is 2.81. The maximum Gasteiger partial charge on any atom is 0.154 e. The maximum atomic E-state index is 13.2. The van der Waals surface area contributed by atoms with E-state index >= 15 is 0 Å². The standard InChI is InChI=1S/C9H8FNS/c1-2-12-8-5-3-4-7(6-11)9(8)10/h3-5H,2H2,1H3. The van der Waals surface area contributed by atoms with E-state index < -0.39 is 5.82 Å². The van der Waals surface area contributed by atoms with E-state index in [0.29, 0.717) is 4.90 Å². The number of nitrogens with zero attached hydrogens (tertiary/aromatic N) is 1. The van der Waals surface area contributed by atoms with Crippen LogP contribution in [-0.4, -0.2) is 5.75 Å². The molecule has 3 heteroatoms. The first kappa shape index (κ1) is 9.08. The number of thioether (sulfide) groups is 1. The lowest BCUT2D eigenvalue weighted by atomic mass is 10.2. The predicted molar refractivity (Wildman–Crippen MR) is 47.5 cm³/mol. The molecule has 1 aromatic rings. The van der Waals surface area contributed by atoms with Gasteiger partial charge in [-0.2, -0.15) is 5.26 Å². The molecule has 0 aliphatic rings. The highest BCUT2D eigenvalue weighted by Gasteiger charge is 2.05. The molecule has 0 N–H and O–H groups in total. The first-order chi connectivity index (χ1) is 5.79. The second-order valence-electron chi connectivity index (χ2n) is 2.16. The zero-order chi connectivity index (χ0) is 8.97. The van der Waals surface area contributed by atoms with Gasteiger partial charge in [0, 0.05) is 4.90 Å². The van der Waals surface area contributed by atoms with E-state index in [1.54, 1.807) is 18.2 Å². The smallest absolute Gasteiger partial charge is 0.154 e. The Morgan fingerprint density at radius 2 is 2.33 bits per heavy atom. The normalized spacial score (nSPS) is 9.42. The minimum atomic E-state index is -0.396. The Morgan fingerprint density at radius 3 is 2.92 bits per heavy atom. The molecule has 0 spiro atoms. The van der Waals surface area contributed by atoms with Crippen LogP contribution in [0.5, 0.6) is 0 Å². The van der Waals surface area contributed by atoms with Crippen molar-refractivity contribution in [2.75, 3.05) is 5.75 Å². The fraction of sp³-hybridized carbons (Fsp3) is 0.222. The topological polar surface area (TPSA) is 23.8 Å². The Morgan fingerprint density at radius 1 is 1.58 bits per heavy atom. The third-order valence-corrected chi connectivity index (χ3v) is 2.30. The van der Waals surface area contributed by atoms with Gasteiger partial charge in [0.2, 0.25) is 0 Å². The van der Waals surface area contributed by atoms with Gasteiger partial charge in [-0.05, 0) is 17.9 Å². The zero-order valence-electron chi connectivity index (χ0n) is 6.67. The number of hydrogen-bond acceptors (Lipinski definition) is 2. The Bertz CT molecular complexity index is 317. The number of hydrogen-bond donors (Lipinski definition) is 0. The van der Waals surface area contributed by atoms with Crippen LogP contribution in [0.25, 0.3) is 0 Å². The van der Waals surface area contributed by atoms with Crippen molar-refractivity contribution in [2.45, 2.75) is 11.8 Å². The van der Waals surface area contributed by atoms with Crippen LogP contribution in [-0.2, 0) is 0 Å². The lowest BCUT2D eigenvalue weighted by Crippen LogP contribution is -1.86. The summed E-state index contributed by atoms with van der Waals surface area (Å²) in [6.07, 6.45) is 0. The summed E-state index contributed by atoms with van der Waals surface area (Å²) in [5.74, 6) is 0.415.